The summed E-state index contributed by atoms with van der Waals surface area (Å²) in [4.78, 5) is 11.8. The van der Waals surface area contributed by atoms with Crippen LogP contribution in [0.4, 0.5) is 0 Å². The van der Waals surface area contributed by atoms with E-state index in [9.17, 15) is 10.1 Å². The molecule has 0 radical (unpaired) electrons. The van der Waals surface area contributed by atoms with Gasteiger partial charge in [-0.3, -0.25) is 4.79 Å². The SMILES string of the molecule is Cc1ccc(-n2nc(C)c3ccc(=O)n(C#N)c32)cc1. The zero-order valence-electron chi connectivity index (χ0n) is 11.2. The smallest absolute Gasteiger partial charge is 0.265 e. The number of nitrogens with zero attached hydrogens (tertiary/aromatic N) is 4. The average molecular weight is 264 g/mol. The van der Waals surface area contributed by atoms with Gasteiger partial charge < -0.3 is 0 Å². The first-order valence-corrected chi connectivity index (χ1v) is 6.20. The molecule has 0 saturated carbocycles. The molecular formula is C15H12N4O. The minimum absolute atomic E-state index is 0.353. The minimum atomic E-state index is -0.353. The van der Waals surface area contributed by atoms with Crippen molar-refractivity contribution in [1.29, 1.82) is 5.26 Å². The van der Waals surface area contributed by atoms with Gasteiger partial charge in [0.25, 0.3) is 5.56 Å². The van der Waals surface area contributed by atoms with Crippen LogP contribution in [0, 0.1) is 25.3 Å². The van der Waals surface area contributed by atoms with Crippen LogP contribution >= 0.6 is 0 Å². The van der Waals surface area contributed by atoms with Gasteiger partial charge >= 0.3 is 0 Å². The van der Waals surface area contributed by atoms with Crippen molar-refractivity contribution in [3.05, 3.63) is 58.0 Å². The van der Waals surface area contributed by atoms with E-state index in [1.165, 1.54) is 6.07 Å². The van der Waals surface area contributed by atoms with Gasteiger partial charge in [-0.2, -0.15) is 14.9 Å². The molecule has 0 fully saturated rings. The zero-order chi connectivity index (χ0) is 14.3. The molecule has 98 valence electrons. The lowest BCUT2D eigenvalue weighted by Gasteiger charge is -2.05. The second kappa shape index (κ2) is 4.35. The van der Waals surface area contributed by atoms with Gasteiger partial charge in [0.2, 0.25) is 0 Å². The van der Waals surface area contributed by atoms with Crippen LogP contribution in [-0.2, 0) is 0 Å². The second-order valence-corrected chi connectivity index (χ2v) is 4.68. The molecule has 0 saturated heterocycles. The van der Waals surface area contributed by atoms with Crippen LogP contribution in [0.25, 0.3) is 16.7 Å². The number of aromatic nitrogens is 3. The van der Waals surface area contributed by atoms with Crippen LogP contribution in [-0.4, -0.2) is 14.3 Å². The molecule has 0 unspecified atom stereocenters. The summed E-state index contributed by atoms with van der Waals surface area (Å²) in [5.41, 5.74) is 2.89. The Kier molecular flexibility index (Phi) is 2.65. The predicted octanol–water partition coefficient (Wildman–Crippen LogP) is 2.13. The Labute approximate surface area is 115 Å². The molecule has 1 aromatic carbocycles. The topological polar surface area (TPSA) is 63.6 Å². The standard InChI is InChI=1S/C15H12N4O/c1-10-3-5-12(6-4-10)19-15-13(11(2)17-19)7-8-14(20)18(15)9-16/h3-8H,1-2H3. The minimum Gasteiger partial charge on any atom is -0.268 e. The molecule has 0 amide bonds. The molecule has 2 aromatic heterocycles. The van der Waals surface area contributed by atoms with E-state index < -0.39 is 0 Å². The highest BCUT2D eigenvalue weighted by atomic mass is 16.1. The highest BCUT2D eigenvalue weighted by Gasteiger charge is 2.13. The van der Waals surface area contributed by atoms with E-state index in [1.54, 1.807) is 10.7 Å². The molecule has 0 aliphatic heterocycles. The van der Waals surface area contributed by atoms with E-state index in [2.05, 4.69) is 5.10 Å². The van der Waals surface area contributed by atoms with Crippen molar-refractivity contribution in [3.63, 3.8) is 0 Å². The molecule has 0 spiro atoms. The second-order valence-electron chi connectivity index (χ2n) is 4.68. The number of hydrogen-bond donors (Lipinski definition) is 0. The van der Waals surface area contributed by atoms with Crippen molar-refractivity contribution in [1.82, 2.24) is 14.3 Å². The third-order valence-corrected chi connectivity index (χ3v) is 3.28. The lowest BCUT2D eigenvalue weighted by atomic mass is 10.2. The number of pyridine rings is 1. The van der Waals surface area contributed by atoms with Crippen LogP contribution in [0.15, 0.2) is 41.2 Å². The van der Waals surface area contributed by atoms with Gasteiger partial charge in [0.15, 0.2) is 11.8 Å². The van der Waals surface area contributed by atoms with Crippen molar-refractivity contribution in [2.24, 2.45) is 0 Å². The van der Waals surface area contributed by atoms with E-state index >= 15 is 0 Å². The van der Waals surface area contributed by atoms with Crippen molar-refractivity contribution in [3.8, 4) is 11.9 Å². The fourth-order valence-electron chi connectivity index (χ4n) is 2.23. The van der Waals surface area contributed by atoms with Gasteiger partial charge in [0, 0.05) is 11.5 Å². The summed E-state index contributed by atoms with van der Waals surface area (Å²) in [5.74, 6) is 0. The molecule has 0 atom stereocenters. The van der Waals surface area contributed by atoms with Crippen LogP contribution < -0.4 is 5.56 Å². The summed E-state index contributed by atoms with van der Waals surface area (Å²) in [6.45, 7) is 3.86. The summed E-state index contributed by atoms with van der Waals surface area (Å²) in [5, 5.41) is 14.5. The number of hydrogen-bond acceptors (Lipinski definition) is 3. The third kappa shape index (κ3) is 1.70. The summed E-state index contributed by atoms with van der Waals surface area (Å²) in [6.07, 6.45) is 1.92. The Bertz CT molecular complexity index is 894. The summed E-state index contributed by atoms with van der Waals surface area (Å²) in [7, 11) is 0. The normalized spacial score (nSPS) is 10.7. The molecule has 20 heavy (non-hydrogen) atoms. The third-order valence-electron chi connectivity index (χ3n) is 3.28. The monoisotopic (exact) mass is 264 g/mol. The first-order valence-electron chi connectivity index (χ1n) is 6.20. The molecule has 5 nitrogen and oxygen atoms in total. The Morgan fingerprint density at radius 1 is 1.10 bits per heavy atom. The lowest BCUT2D eigenvalue weighted by molar-refractivity contribution is 0.855. The highest BCUT2D eigenvalue weighted by Crippen LogP contribution is 2.20. The maximum Gasteiger partial charge on any atom is 0.265 e. The molecular weight excluding hydrogens is 252 g/mol. The number of aryl methyl sites for hydroxylation is 2. The van der Waals surface area contributed by atoms with E-state index in [0.29, 0.717) is 5.65 Å². The van der Waals surface area contributed by atoms with Crippen molar-refractivity contribution >= 4 is 11.0 Å². The van der Waals surface area contributed by atoms with E-state index in [4.69, 9.17) is 0 Å². The number of nitriles is 1. The van der Waals surface area contributed by atoms with Gasteiger partial charge in [-0.1, -0.05) is 17.7 Å². The van der Waals surface area contributed by atoms with Gasteiger partial charge in [-0.05, 0) is 32.0 Å². The van der Waals surface area contributed by atoms with Crippen molar-refractivity contribution in [2.75, 3.05) is 0 Å². The highest BCUT2D eigenvalue weighted by molar-refractivity contribution is 5.80. The molecule has 3 aromatic rings. The number of rotatable bonds is 1. The van der Waals surface area contributed by atoms with Crippen LogP contribution in [0.5, 0.6) is 0 Å². The van der Waals surface area contributed by atoms with E-state index in [-0.39, 0.29) is 5.56 Å². The average Bonchev–Trinajstić information content (AvgIpc) is 2.77. The molecule has 5 heteroatoms. The quantitative estimate of drug-likeness (QED) is 0.676. The Morgan fingerprint density at radius 3 is 2.45 bits per heavy atom. The van der Waals surface area contributed by atoms with Crippen LogP contribution in [0.1, 0.15) is 11.3 Å². The largest absolute Gasteiger partial charge is 0.268 e. The van der Waals surface area contributed by atoms with Crippen LogP contribution in [0.2, 0.25) is 0 Å². The number of fused-ring (bicyclic) bond motifs is 1. The maximum absolute atomic E-state index is 11.8. The maximum atomic E-state index is 11.8. The Morgan fingerprint density at radius 2 is 1.80 bits per heavy atom. The molecule has 0 aliphatic rings. The first kappa shape index (κ1) is 12.2. The first-order chi connectivity index (χ1) is 9.61. The molecule has 0 aliphatic carbocycles. The van der Waals surface area contributed by atoms with E-state index in [1.807, 2.05) is 44.3 Å². The predicted molar refractivity (Wildman–Crippen MR) is 75.8 cm³/mol. The summed E-state index contributed by atoms with van der Waals surface area (Å²) < 4.78 is 2.70. The van der Waals surface area contributed by atoms with Gasteiger partial charge in [-0.15, -0.1) is 0 Å². The van der Waals surface area contributed by atoms with Crippen LogP contribution in [0.3, 0.4) is 0 Å². The molecule has 0 N–H and O–H groups in total. The lowest BCUT2D eigenvalue weighted by Crippen LogP contribution is -2.17. The van der Waals surface area contributed by atoms with Gasteiger partial charge in [0.1, 0.15) is 0 Å². The molecule has 0 bridgehead atoms. The van der Waals surface area contributed by atoms with E-state index in [0.717, 1.165) is 26.9 Å². The Hall–Kier alpha value is -2.87. The summed E-state index contributed by atoms with van der Waals surface area (Å²) >= 11 is 0. The zero-order valence-corrected chi connectivity index (χ0v) is 11.2. The van der Waals surface area contributed by atoms with Gasteiger partial charge in [0.05, 0.1) is 11.4 Å². The number of benzene rings is 1. The Balaban J connectivity index is 2.43. The molecule has 2 heterocycles. The fourth-order valence-corrected chi connectivity index (χ4v) is 2.23. The van der Waals surface area contributed by atoms with Crippen molar-refractivity contribution < 1.29 is 0 Å². The van der Waals surface area contributed by atoms with Gasteiger partial charge in [-0.25, -0.2) is 4.68 Å². The van der Waals surface area contributed by atoms with Crippen molar-refractivity contribution in [2.45, 2.75) is 13.8 Å². The molecule has 3 rings (SSSR count). The fraction of sp³-hybridized carbons (Fsp3) is 0.133. The summed E-state index contributed by atoms with van der Waals surface area (Å²) in [6, 6.07) is 10.9.